The highest BCUT2D eigenvalue weighted by Gasteiger charge is 1.98. The second-order valence-corrected chi connectivity index (χ2v) is 6.38. The monoisotopic (exact) mass is 260 g/mol. The zero-order valence-electron chi connectivity index (χ0n) is 9.93. The zero-order valence-corrected chi connectivity index (χ0v) is 11.6. The second-order valence-electron chi connectivity index (χ2n) is 3.89. The maximum Gasteiger partial charge on any atom is 0.0182 e. The van der Waals surface area contributed by atoms with Crippen LogP contribution >= 0.6 is 21.6 Å². The van der Waals surface area contributed by atoms with E-state index in [1.807, 2.05) is 21.6 Å². The first-order valence-electron chi connectivity index (χ1n) is 5.75. The molecule has 0 spiro atoms. The highest BCUT2D eigenvalue weighted by Crippen LogP contribution is 2.31. The van der Waals surface area contributed by atoms with E-state index in [1.165, 1.54) is 16.0 Å². The summed E-state index contributed by atoms with van der Waals surface area (Å²) in [5.41, 5.74) is 2.87. The fraction of sp³-hybridized carbons (Fsp3) is 0.200. The molecule has 0 amide bonds. The Morgan fingerprint density at radius 1 is 0.882 bits per heavy atom. The minimum Gasteiger partial charge on any atom is -0.0886 e. The molecule has 2 rings (SSSR count). The third kappa shape index (κ3) is 4.14. The van der Waals surface area contributed by atoms with Crippen LogP contribution in [0.25, 0.3) is 0 Å². The van der Waals surface area contributed by atoms with Crippen molar-refractivity contribution < 1.29 is 0 Å². The Kier molecular flexibility index (Phi) is 5.02. The second kappa shape index (κ2) is 6.77. The van der Waals surface area contributed by atoms with Crippen LogP contribution in [-0.2, 0) is 6.42 Å². The van der Waals surface area contributed by atoms with Gasteiger partial charge in [-0.15, -0.1) is 0 Å². The highest BCUT2D eigenvalue weighted by molar-refractivity contribution is 8.76. The Hall–Kier alpha value is -0.860. The maximum absolute atomic E-state index is 2.23. The van der Waals surface area contributed by atoms with Gasteiger partial charge in [0.05, 0.1) is 0 Å². The van der Waals surface area contributed by atoms with Crippen LogP contribution in [0.2, 0.25) is 0 Å². The van der Waals surface area contributed by atoms with Crippen LogP contribution in [0.1, 0.15) is 11.1 Å². The highest BCUT2D eigenvalue weighted by atomic mass is 33.1. The molecule has 0 atom stereocenters. The topological polar surface area (TPSA) is 0 Å². The first kappa shape index (κ1) is 12.6. The van der Waals surface area contributed by atoms with Gasteiger partial charge >= 0.3 is 0 Å². The van der Waals surface area contributed by atoms with Crippen LogP contribution < -0.4 is 0 Å². The van der Waals surface area contributed by atoms with E-state index < -0.39 is 0 Å². The summed E-state index contributed by atoms with van der Waals surface area (Å²) >= 11 is 0. The van der Waals surface area contributed by atoms with E-state index >= 15 is 0 Å². The molecule has 2 aromatic rings. The number of hydrogen-bond acceptors (Lipinski definition) is 2. The van der Waals surface area contributed by atoms with Crippen LogP contribution in [0.15, 0.2) is 59.5 Å². The Bertz CT molecular complexity index is 451. The average molecular weight is 260 g/mol. The molecule has 0 unspecified atom stereocenters. The zero-order chi connectivity index (χ0) is 11.9. The molecule has 0 aliphatic heterocycles. The first-order valence-corrected chi connectivity index (χ1v) is 8.07. The lowest BCUT2D eigenvalue weighted by molar-refractivity contribution is 1.13. The molecule has 0 aliphatic carbocycles. The van der Waals surface area contributed by atoms with Gasteiger partial charge in [-0.25, -0.2) is 0 Å². The Balaban J connectivity index is 1.76. The van der Waals surface area contributed by atoms with Gasteiger partial charge in [0.25, 0.3) is 0 Å². The molecule has 0 radical (unpaired) electrons. The van der Waals surface area contributed by atoms with Crippen LogP contribution in [-0.4, -0.2) is 5.75 Å². The van der Waals surface area contributed by atoms with E-state index in [-0.39, 0.29) is 0 Å². The summed E-state index contributed by atoms with van der Waals surface area (Å²) in [4.78, 5) is 1.34. The summed E-state index contributed by atoms with van der Waals surface area (Å²) < 4.78 is 0. The number of aryl methyl sites for hydroxylation is 2. The summed E-state index contributed by atoms with van der Waals surface area (Å²) in [5.74, 6) is 1.16. The van der Waals surface area contributed by atoms with Crippen LogP contribution in [0.4, 0.5) is 0 Å². The molecule has 0 saturated carbocycles. The summed E-state index contributed by atoms with van der Waals surface area (Å²) in [5, 5.41) is 0. The fourth-order valence-corrected chi connectivity index (χ4v) is 3.66. The molecular formula is C15H16S2. The van der Waals surface area contributed by atoms with Crippen LogP contribution in [0.5, 0.6) is 0 Å². The molecule has 0 aliphatic rings. The van der Waals surface area contributed by atoms with E-state index in [4.69, 9.17) is 0 Å². The first-order chi connectivity index (χ1) is 8.36. The van der Waals surface area contributed by atoms with Crippen molar-refractivity contribution in [1.29, 1.82) is 0 Å². The summed E-state index contributed by atoms with van der Waals surface area (Å²) in [6.07, 6.45) is 1.15. The van der Waals surface area contributed by atoms with Gasteiger partial charge in [-0.05, 0) is 36.6 Å². The van der Waals surface area contributed by atoms with Crippen molar-refractivity contribution in [1.82, 2.24) is 0 Å². The third-order valence-corrected chi connectivity index (χ3v) is 5.00. The molecule has 0 aromatic heterocycles. The number of benzene rings is 2. The van der Waals surface area contributed by atoms with Gasteiger partial charge in [-0.1, -0.05) is 64.1 Å². The van der Waals surface area contributed by atoms with E-state index in [2.05, 4.69) is 61.5 Å². The minimum absolute atomic E-state index is 1.15. The summed E-state index contributed by atoms with van der Waals surface area (Å²) in [6, 6.07) is 19.2. The van der Waals surface area contributed by atoms with Gasteiger partial charge in [0.15, 0.2) is 0 Å². The normalized spacial score (nSPS) is 10.4. The van der Waals surface area contributed by atoms with Gasteiger partial charge in [0, 0.05) is 10.6 Å². The molecular weight excluding hydrogens is 244 g/mol. The number of rotatable bonds is 5. The maximum atomic E-state index is 2.23. The van der Waals surface area contributed by atoms with E-state index in [9.17, 15) is 0 Å². The van der Waals surface area contributed by atoms with Crippen molar-refractivity contribution in [3.05, 3.63) is 65.7 Å². The molecule has 0 saturated heterocycles. The molecule has 2 aromatic carbocycles. The average Bonchev–Trinajstić information content (AvgIpc) is 2.38. The molecule has 17 heavy (non-hydrogen) atoms. The summed E-state index contributed by atoms with van der Waals surface area (Å²) in [6.45, 7) is 2.18. The van der Waals surface area contributed by atoms with Gasteiger partial charge in [0.2, 0.25) is 0 Å². The Labute approximate surface area is 111 Å². The van der Waals surface area contributed by atoms with Gasteiger partial charge in [-0.2, -0.15) is 0 Å². The van der Waals surface area contributed by atoms with E-state index in [0.29, 0.717) is 0 Å². The lowest BCUT2D eigenvalue weighted by atomic mass is 10.1. The van der Waals surface area contributed by atoms with E-state index in [1.54, 1.807) is 0 Å². The molecule has 2 heteroatoms. The molecule has 0 nitrogen and oxygen atoms in total. The van der Waals surface area contributed by atoms with Crippen molar-refractivity contribution in [3.8, 4) is 0 Å². The van der Waals surface area contributed by atoms with Gasteiger partial charge < -0.3 is 0 Å². The molecule has 0 fully saturated rings. The predicted molar refractivity (Wildman–Crippen MR) is 79.6 cm³/mol. The van der Waals surface area contributed by atoms with Crippen LogP contribution in [0.3, 0.4) is 0 Å². The largest absolute Gasteiger partial charge is 0.0886 e. The lowest BCUT2D eigenvalue weighted by Crippen LogP contribution is -1.90. The Morgan fingerprint density at radius 2 is 1.59 bits per heavy atom. The predicted octanol–water partition coefficient (Wildman–Crippen LogP) is 4.98. The lowest BCUT2D eigenvalue weighted by Gasteiger charge is -2.04. The van der Waals surface area contributed by atoms with Crippen molar-refractivity contribution in [3.63, 3.8) is 0 Å². The molecule has 0 N–H and O–H groups in total. The Morgan fingerprint density at radius 3 is 2.35 bits per heavy atom. The SMILES string of the molecule is Cc1ccccc1CCSSc1ccccc1. The van der Waals surface area contributed by atoms with Gasteiger partial charge in [0.1, 0.15) is 0 Å². The van der Waals surface area contributed by atoms with Crippen LogP contribution in [0, 0.1) is 6.92 Å². The number of hydrogen-bond donors (Lipinski definition) is 0. The third-order valence-electron chi connectivity index (χ3n) is 2.61. The van der Waals surface area contributed by atoms with Crippen molar-refractivity contribution in [2.45, 2.75) is 18.2 Å². The summed E-state index contributed by atoms with van der Waals surface area (Å²) in [7, 11) is 3.79. The quantitative estimate of drug-likeness (QED) is 0.549. The van der Waals surface area contributed by atoms with Crippen molar-refractivity contribution >= 4 is 21.6 Å². The minimum atomic E-state index is 1.15. The smallest absolute Gasteiger partial charge is 0.0182 e. The standard InChI is InChI=1S/C15H16S2/c1-13-7-5-6-8-14(13)11-12-16-17-15-9-3-2-4-10-15/h2-10H,11-12H2,1H3. The van der Waals surface area contributed by atoms with E-state index in [0.717, 1.165) is 12.2 Å². The molecule has 0 heterocycles. The van der Waals surface area contributed by atoms with Crippen molar-refractivity contribution in [2.24, 2.45) is 0 Å². The molecule has 88 valence electrons. The molecule has 0 bridgehead atoms. The van der Waals surface area contributed by atoms with Crippen molar-refractivity contribution in [2.75, 3.05) is 5.75 Å². The van der Waals surface area contributed by atoms with Gasteiger partial charge in [-0.3, -0.25) is 0 Å². The fourth-order valence-electron chi connectivity index (χ4n) is 1.63.